The Bertz CT molecular complexity index is 592. The molecule has 0 spiro atoms. The van der Waals surface area contributed by atoms with Gasteiger partial charge in [0.2, 0.25) is 0 Å². The van der Waals surface area contributed by atoms with Crippen molar-refractivity contribution < 1.29 is 4.79 Å². The van der Waals surface area contributed by atoms with Gasteiger partial charge in [0.1, 0.15) is 0 Å². The third-order valence-corrected chi connectivity index (χ3v) is 4.96. The average Bonchev–Trinajstić information content (AvgIpc) is 2.86. The third-order valence-electron chi connectivity index (χ3n) is 3.14. The highest BCUT2D eigenvalue weighted by atomic mass is 79.9. The Balaban J connectivity index is 2.08. The predicted molar refractivity (Wildman–Crippen MR) is 83.7 cm³/mol. The van der Waals surface area contributed by atoms with Crippen LogP contribution in [0, 0.1) is 6.92 Å². The fourth-order valence-corrected chi connectivity index (χ4v) is 3.23. The van der Waals surface area contributed by atoms with Crippen LogP contribution in [0.4, 0.5) is 0 Å². The Morgan fingerprint density at radius 2 is 2.16 bits per heavy atom. The lowest BCUT2D eigenvalue weighted by molar-refractivity contribution is 0.0950. The van der Waals surface area contributed by atoms with E-state index in [1.54, 1.807) is 11.3 Å². The van der Waals surface area contributed by atoms with E-state index >= 15 is 0 Å². The van der Waals surface area contributed by atoms with Crippen LogP contribution in [0.5, 0.6) is 0 Å². The lowest BCUT2D eigenvalue weighted by Crippen LogP contribution is -2.23. The van der Waals surface area contributed by atoms with Crippen molar-refractivity contribution in [3.63, 3.8) is 0 Å². The molecule has 2 aromatic rings. The van der Waals surface area contributed by atoms with Crippen LogP contribution in [-0.2, 0) is 13.0 Å². The Hall–Kier alpha value is -1.13. The number of carbonyl (C=O) groups is 1. The second-order valence-electron chi connectivity index (χ2n) is 4.32. The number of carbonyl (C=O) groups excluding carboxylic acids is 1. The Labute approximate surface area is 126 Å². The summed E-state index contributed by atoms with van der Waals surface area (Å²) in [4.78, 5) is 13.4. The quantitative estimate of drug-likeness (QED) is 0.884. The van der Waals surface area contributed by atoms with Crippen molar-refractivity contribution in [2.75, 3.05) is 0 Å². The molecule has 2 nitrogen and oxygen atoms in total. The molecule has 0 bridgehead atoms. The van der Waals surface area contributed by atoms with E-state index in [9.17, 15) is 4.79 Å². The van der Waals surface area contributed by atoms with Gasteiger partial charge >= 0.3 is 0 Å². The standard InChI is InChI=1S/C15H16BrNOS/c1-3-11-7-8-19-14(11)9-17-15(18)12-5-4-6-13(16)10(12)2/h4-8H,3,9H2,1-2H3,(H,17,18). The van der Waals surface area contributed by atoms with E-state index in [-0.39, 0.29) is 5.91 Å². The molecule has 0 aliphatic carbocycles. The Morgan fingerprint density at radius 1 is 1.37 bits per heavy atom. The highest BCUT2D eigenvalue weighted by Crippen LogP contribution is 2.20. The number of hydrogen-bond donors (Lipinski definition) is 1. The van der Waals surface area contributed by atoms with Crippen molar-refractivity contribution in [3.05, 3.63) is 55.7 Å². The van der Waals surface area contributed by atoms with E-state index in [1.807, 2.05) is 25.1 Å². The van der Waals surface area contributed by atoms with Gasteiger partial charge in [-0.05, 0) is 48.1 Å². The van der Waals surface area contributed by atoms with Crippen molar-refractivity contribution >= 4 is 33.2 Å². The molecule has 0 aliphatic rings. The summed E-state index contributed by atoms with van der Waals surface area (Å²) in [6.07, 6.45) is 1.00. The van der Waals surface area contributed by atoms with E-state index in [0.29, 0.717) is 6.54 Å². The molecule has 0 saturated carbocycles. The minimum Gasteiger partial charge on any atom is -0.347 e. The van der Waals surface area contributed by atoms with Gasteiger partial charge in [0.25, 0.3) is 5.91 Å². The molecule has 0 saturated heterocycles. The van der Waals surface area contributed by atoms with E-state index in [1.165, 1.54) is 10.4 Å². The first kappa shape index (κ1) is 14.3. The van der Waals surface area contributed by atoms with Crippen LogP contribution < -0.4 is 5.32 Å². The molecular formula is C15H16BrNOS. The van der Waals surface area contributed by atoms with Crippen LogP contribution in [0.2, 0.25) is 0 Å². The molecule has 0 aliphatic heterocycles. The summed E-state index contributed by atoms with van der Waals surface area (Å²) >= 11 is 5.14. The van der Waals surface area contributed by atoms with Crippen LogP contribution in [-0.4, -0.2) is 5.91 Å². The maximum Gasteiger partial charge on any atom is 0.251 e. The van der Waals surface area contributed by atoms with E-state index in [2.05, 4.69) is 39.6 Å². The van der Waals surface area contributed by atoms with Crippen LogP contribution >= 0.6 is 27.3 Å². The Kier molecular flexibility index (Phi) is 4.77. The van der Waals surface area contributed by atoms with E-state index in [4.69, 9.17) is 0 Å². The molecule has 0 atom stereocenters. The first-order valence-corrected chi connectivity index (χ1v) is 7.89. The molecule has 1 aromatic heterocycles. The Morgan fingerprint density at radius 3 is 2.89 bits per heavy atom. The average molecular weight is 338 g/mol. The predicted octanol–water partition coefficient (Wildman–Crippen LogP) is 4.31. The molecule has 1 heterocycles. The lowest BCUT2D eigenvalue weighted by atomic mass is 10.1. The highest BCUT2D eigenvalue weighted by Gasteiger charge is 2.11. The molecule has 100 valence electrons. The molecular weight excluding hydrogens is 322 g/mol. The molecule has 2 rings (SSSR count). The molecule has 0 unspecified atom stereocenters. The van der Waals surface area contributed by atoms with Crippen molar-refractivity contribution in [1.82, 2.24) is 5.32 Å². The third kappa shape index (κ3) is 3.25. The van der Waals surface area contributed by atoms with Crippen molar-refractivity contribution in [3.8, 4) is 0 Å². The summed E-state index contributed by atoms with van der Waals surface area (Å²) in [5, 5.41) is 5.07. The number of hydrogen-bond acceptors (Lipinski definition) is 2. The zero-order chi connectivity index (χ0) is 13.8. The van der Waals surface area contributed by atoms with Crippen molar-refractivity contribution in [2.24, 2.45) is 0 Å². The summed E-state index contributed by atoms with van der Waals surface area (Å²) in [5.74, 6) is -0.0192. The number of rotatable bonds is 4. The van der Waals surface area contributed by atoms with Gasteiger partial charge in [0.15, 0.2) is 0 Å². The van der Waals surface area contributed by atoms with Gasteiger partial charge < -0.3 is 5.32 Å². The molecule has 0 fully saturated rings. The SMILES string of the molecule is CCc1ccsc1CNC(=O)c1cccc(Br)c1C. The second kappa shape index (κ2) is 6.35. The fourth-order valence-electron chi connectivity index (χ4n) is 1.95. The maximum absolute atomic E-state index is 12.2. The second-order valence-corrected chi connectivity index (χ2v) is 6.17. The molecule has 19 heavy (non-hydrogen) atoms. The highest BCUT2D eigenvalue weighted by molar-refractivity contribution is 9.10. The number of aryl methyl sites for hydroxylation is 1. The number of halogens is 1. The molecule has 0 radical (unpaired) electrons. The summed E-state index contributed by atoms with van der Waals surface area (Å²) in [7, 11) is 0. The van der Waals surface area contributed by atoms with Gasteiger partial charge in [0.05, 0.1) is 6.54 Å². The van der Waals surface area contributed by atoms with Gasteiger partial charge in [-0.3, -0.25) is 4.79 Å². The first-order chi connectivity index (χ1) is 9.13. The molecule has 4 heteroatoms. The van der Waals surface area contributed by atoms with Crippen molar-refractivity contribution in [2.45, 2.75) is 26.8 Å². The van der Waals surface area contributed by atoms with E-state index < -0.39 is 0 Å². The summed E-state index contributed by atoms with van der Waals surface area (Å²) in [6, 6.07) is 7.80. The summed E-state index contributed by atoms with van der Waals surface area (Å²) < 4.78 is 0.963. The van der Waals surface area contributed by atoms with Crippen LogP contribution in [0.15, 0.2) is 34.1 Å². The van der Waals surface area contributed by atoms with Gasteiger partial charge in [0, 0.05) is 14.9 Å². The lowest BCUT2D eigenvalue weighted by Gasteiger charge is -2.09. The zero-order valence-electron chi connectivity index (χ0n) is 11.0. The van der Waals surface area contributed by atoms with Gasteiger partial charge in [-0.2, -0.15) is 0 Å². The van der Waals surface area contributed by atoms with Gasteiger partial charge in [-0.15, -0.1) is 11.3 Å². The minimum absolute atomic E-state index is 0.0192. The maximum atomic E-state index is 12.2. The molecule has 1 amide bonds. The van der Waals surface area contributed by atoms with Gasteiger partial charge in [-0.1, -0.05) is 28.9 Å². The largest absolute Gasteiger partial charge is 0.347 e. The van der Waals surface area contributed by atoms with E-state index in [0.717, 1.165) is 22.0 Å². The number of nitrogens with one attached hydrogen (secondary N) is 1. The summed E-state index contributed by atoms with van der Waals surface area (Å²) in [6.45, 7) is 4.68. The number of thiophene rings is 1. The van der Waals surface area contributed by atoms with Crippen LogP contribution in [0.3, 0.4) is 0 Å². The normalized spacial score (nSPS) is 10.5. The number of amides is 1. The molecule has 1 N–H and O–H groups in total. The zero-order valence-corrected chi connectivity index (χ0v) is 13.4. The summed E-state index contributed by atoms with van der Waals surface area (Å²) in [5.41, 5.74) is 3.02. The van der Waals surface area contributed by atoms with Crippen molar-refractivity contribution in [1.29, 1.82) is 0 Å². The fraction of sp³-hybridized carbons (Fsp3) is 0.267. The smallest absolute Gasteiger partial charge is 0.251 e. The van der Waals surface area contributed by atoms with Crippen LogP contribution in [0.1, 0.15) is 33.3 Å². The number of benzene rings is 1. The monoisotopic (exact) mass is 337 g/mol. The topological polar surface area (TPSA) is 29.1 Å². The van der Waals surface area contributed by atoms with Crippen LogP contribution in [0.25, 0.3) is 0 Å². The molecule has 1 aromatic carbocycles. The minimum atomic E-state index is -0.0192. The van der Waals surface area contributed by atoms with Gasteiger partial charge in [-0.25, -0.2) is 0 Å². The first-order valence-electron chi connectivity index (χ1n) is 6.22.